The van der Waals surface area contributed by atoms with Gasteiger partial charge in [0.25, 0.3) is 17.9 Å². The van der Waals surface area contributed by atoms with Gasteiger partial charge in [0.2, 0.25) is 0 Å². The third-order valence-corrected chi connectivity index (χ3v) is 6.27. The molecule has 1 saturated heterocycles. The molecule has 0 radical (unpaired) electrons. The van der Waals surface area contributed by atoms with E-state index in [2.05, 4.69) is 36.1 Å². The average Bonchev–Trinajstić information content (AvgIpc) is 3.29. The molecule has 1 fully saturated rings. The van der Waals surface area contributed by atoms with E-state index in [-0.39, 0.29) is 22.4 Å². The standard InChI is InChI=1S/C22H25ClF2N6O2/c1-13-11-26-20(29-21(13)32)14-2-3-15(10-14)30-6-8-31(9-7-30)17-5-4-16(28-19(17)23)22(33)27-12-18(24)25/h4-5,10-11,15,18H,2-3,6-9,12H2,1H3,(H,27,33)(H,26,29,32). The van der Waals surface area contributed by atoms with Crippen LogP contribution in [0.1, 0.15) is 34.7 Å². The molecule has 2 N–H and O–H groups in total. The normalized spacial score (nSPS) is 19.1. The van der Waals surface area contributed by atoms with Crippen molar-refractivity contribution in [3.63, 3.8) is 0 Å². The molecular weight excluding hydrogens is 454 g/mol. The highest BCUT2D eigenvalue weighted by Crippen LogP contribution is 2.30. The quantitative estimate of drug-likeness (QED) is 0.619. The highest BCUT2D eigenvalue weighted by molar-refractivity contribution is 6.32. The van der Waals surface area contributed by atoms with E-state index >= 15 is 0 Å². The minimum absolute atomic E-state index is 0.00872. The topological polar surface area (TPSA) is 94.2 Å². The first-order valence-electron chi connectivity index (χ1n) is 10.8. The number of carbonyl (C=O) groups excluding carboxylic acids is 1. The number of piperazine rings is 1. The summed E-state index contributed by atoms with van der Waals surface area (Å²) in [5, 5.41) is 2.29. The van der Waals surface area contributed by atoms with E-state index in [1.54, 1.807) is 19.2 Å². The number of amides is 1. The highest BCUT2D eigenvalue weighted by atomic mass is 35.5. The number of halogens is 3. The predicted octanol–water partition coefficient (Wildman–Crippen LogP) is 2.49. The third kappa shape index (κ3) is 5.39. The molecule has 4 rings (SSSR count). The van der Waals surface area contributed by atoms with Crippen LogP contribution in [0.25, 0.3) is 5.57 Å². The molecule has 0 aromatic carbocycles. The van der Waals surface area contributed by atoms with Crippen LogP contribution in [0.4, 0.5) is 14.5 Å². The van der Waals surface area contributed by atoms with Gasteiger partial charge in [0, 0.05) is 44.0 Å². The summed E-state index contributed by atoms with van der Waals surface area (Å²) < 4.78 is 24.6. The van der Waals surface area contributed by atoms with Crippen molar-refractivity contribution in [2.24, 2.45) is 0 Å². The van der Waals surface area contributed by atoms with Crippen molar-refractivity contribution in [2.75, 3.05) is 37.6 Å². The molecule has 33 heavy (non-hydrogen) atoms. The number of hydrogen-bond acceptors (Lipinski definition) is 6. The highest BCUT2D eigenvalue weighted by Gasteiger charge is 2.28. The summed E-state index contributed by atoms with van der Waals surface area (Å²) in [6.45, 7) is 4.11. The fourth-order valence-electron chi connectivity index (χ4n) is 4.15. The van der Waals surface area contributed by atoms with Crippen LogP contribution < -0.4 is 15.8 Å². The van der Waals surface area contributed by atoms with Crippen LogP contribution in [-0.4, -0.2) is 71.0 Å². The van der Waals surface area contributed by atoms with Gasteiger partial charge in [0.1, 0.15) is 11.5 Å². The van der Waals surface area contributed by atoms with Crippen LogP contribution in [0.3, 0.4) is 0 Å². The molecule has 1 unspecified atom stereocenters. The van der Waals surface area contributed by atoms with E-state index in [0.717, 1.165) is 44.6 Å². The van der Waals surface area contributed by atoms with Gasteiger partial charge in [-0.05, 0) is 37.5 Å². The maximum absolute atomic E-state index is 12.3. The fraction of sp³-hybridized carbons (Fsp3) is 0.455. The number of nitrogens with zero attached hydrogens (tertiary/aromatic N) is 4. The summed E-state index contributed by atoms with van der Waals surface area (Å²) in [5.41, 5.74) is 2.27. The molecular formula is C22H25ClF2N6O2. The summed E-state index contributed by atoms with van der Waals surface area (Å²) in [6, 6.07) is 3.48. The van der Waals surface area contributed by atoms with Crippen molar-refractivity contribution in [1.29, 1.82) is 0 Å². The van der Waals surface area contributed by atoms with Gasteiger partial charge in [-0.3, -0.25) is 14.5 Å². The van der Waals surface area contributed by atoms with Gasteiger partial charge in [-0.1, -0.05) is 17.7 Å². The molecule has 0 spiro atoms. The minimum atomic E-state index is -2.62. The number of anilines is 1. The molecule has 8 nitrogen and oxygen atoms in total. The second-order valence-corrected chi connectivity index (χ2v) is 8.53. The van der Waals surface area contributed by atoms with Gasteiger partial charge >= 0.3 is 0 Å². The molecule has 176 valence electrons. The van der Waals surface area contributed by atoms with Gasteiger partial charge < -0.3 is 15.2 Å². The van der Waals surface area contributed by atoms with Crippen molar-refractivity contribution in [3.8, 4) is 0 Å². The fourth-order valence-corrected chi connectivity index (χ4v) is 4.43. The largest absolute Gasteiger partial charge is 0.366 e. The Labute approximate surface area is 194 Å². The zero-order valence-electron chi connectivity index (χ0n) is 18.2. The maximum Gasteiger partial charge on any atom is 0.270 e. The lowest BCUT2D eigenvalue weighted by molar-refractivity contribution is 0.0887. The first kappa shape index (κ1) is 23.3. The summed E-state index contributed by atoms with van der Waals surface area (Å²) in [4.78, 5) is 39.6. The van der Waals surface area contributed by atoms with Crippen molar-refractivity contribution in [2.45, 2.75) is 32.2 Å². The zero-order chi connectivity index (χ0) is 23.5. The van der Waals surface area contributed by atoms with Gasteiger partial charge in [0.15, 0.2) is 5.15 Å². The van der Waals surface area contributed by atoms with E-state index in [1.807, 2.05) is 0 Å². The lowest BCUT2D eigenvalue weighted by atomic mass is 10.2. The Morgan fingerprint density at radius 1 is 1.30 bits per heavy atom. The molecule has 0 saturated carbocycles. The lowest BCUT2D eigenvalue weighted by Crippen LogP contribution is -2.49. The number of aromatic nitrogens is 3. The second kappa shape index (κ2) is 9.96. The van der Waals surface area contributed by atoms with E-state index in [4.69, 9.17) is 11.6 Å². The number of rotatable bonds is 6. The van der Waals surface area contributed by atoms with Crippen LogP contribution in [0, 0.1) is 6.92 Å². The molecule has 1 amide bonds. The van der Waals surface area contributed by atoms with Crippen molar-refractivity contribution in [1.82, 2.24) is 25.2 Å². The number of nitrogens with one attached hydrogen (secondary N) is 2. The SMILES string of the molecule is Cc1cnc(C2=CC(N3CCN(c4ccc(C(=O)NCC(F)F)nc4Cl)CC3)CC2)[nH]c1=O. The summed E-state index contributed by atoms with van der Waals surface area (Å²) in [5.74, 6) is -0.0379. The first-order valence-corrected chi connectivity index (χ1v) is 11.2. The molecule has 1 atom stereocenters. The first-order chi connectivity index (χ1) is 15.8. The van der Waals surface area contributed by atoms with E-state index in [0.29, 0.717) is 17.1 Å². The Bertz CT molecular complexity index is 1110. The number of alkyl halides is 2. The maximum atomic E-state index is 12.3. The molecule has 0 bridgehead atoms. The number of allylic oxidation sites excluding steroid dienone is 1. The van der Waals surface area contributed by atoms with Crippen LogP contribution >= 0.6 is 11.6 Å². The Morgan fingerprint density at radius 3 is 2.73 bits per heavy atom. The molecule has 2 aromatic rings. The Hall–Kier alpha value is -2.85. The van der Waals surface area contributed by atoms with Crippen LogP contribution in [-0.2, 0) is 0 Å². The molecule has 2 aliphatic rings. The number of aryl methyl sites for hydroxylation is 1. The number of hydrogen-bond donors (Lipinski definition) is 2. The average molecular weight is 479 g/mol. The van der Waals surface area contributed by atoms with Crippen molar-refractivity contribution >= 4 is 28.8 Å². The smallest absolute Gasteiger partial charge is 0.270 e. The molecule has 1 aliphatic carbocycles. The van der Waals surface area contributed by atoms with E-state index in [9.17, 15) is 18.4 Å². The zero-order valence-corrected chi connectivity index (χ0v) is 18.9. The summed E-state index contributed by atoms with van der Waals surface area (Å²) in [6.07, 6.45) is 3.00. The minimum Gasteiger partial charge on any atom is -0.366 e. The molecule has 2 aromatic heterocycles. The monoisotopic (exact) mass is 478 g/mol. The number of pyridine rings is 1. The van der Waals surface area contributed by atoms with Crippen LogP contribution in [0.5, 0.6) is 0 Å². The molecule has 1 aliphatic heterocycles. The van der Waals surface area contributed by atoms with E-state index < -0.39 is 18.9 Å². The Morgan fingerprint density at radius 2 is 2.06 bits per heavy atom. The van der Waals surface area contributed by atoms with Gasteiger partial charge in [0.05, 0.1) is 12.2 Å². The van der Waals surface area contributed by atoms with Crippen LogP contribution in [0.15, 0.2) is 29.2 Å². The molecule has 3 heterocycles. The summed E-state index contributed by atoms with van der Waals surface area (Å²) >= 11 is 6.30. The number of aromatic amines is 1. The van der Waals surface area contributed by atoms with Gasteiger partial charge in [-0.15, -0.1) is 0 Å². The Balaban J connectivity index is 1.36. The van der Waals surface area contributed by atoms with Gasteiger partial charge in [-0.25, -0.2) is 18.7 Å². The van der Waals surface area contributed by atoms with Crippen molar-refractivity contribution < 1.29 is 13.6 Å². The Kier molecular flexibility index (Phi) is 7.04. The van der Waals surface area contributed by atoms with Gasteiger partial charge in [-0.2, -0.15) is 0 Å². The van der Waals surface area contributed by atoms with Crippen LogP contribution in [0.2, 0.25) is 5.15 Å². The third-order valence-electron chi connectivity index (χ3n) is 5.99. The summed E-state index contributed by atoms with van der Waals surface area (Å²) in [7, 11) is 0. The number of carbonyl (C=O) groups is 1. The second-order valence-electron chi connectivity index (χ2n) is 8.17. The van der Waals surface area contributed by atoms with Crippen molar-refractivity contribution in [3.05, 3.63) is 57.0 Å². The predicted molar refractivity (Wildman–Crippen MR) is 122 cm³/mol. The lowest BCUT2D eigenvalue weighted by Gasteiger charge is -2.38. The van der Waals surface area contributed by atoms with E-state index in [1.165, 1.54) is 6.07 Å². The number of H-pyrrole nitrogens is 1. The molecule has 11 heteroatoms.